The number of benzene rings is 1. The first kappa shape index (κ1) is 17.2. The van der Waals surface area contributed by atoms with Gasteiger partial charge in [-0.25, -0.2) is 4.98 Å². The van der Waals surface area contributed by atoms with Crippen LogP contribution in [-0.2, 0) is 6.42 Å². The van der Waals surface area contributed by atoms with E-state index in [4.69, 9.17) is 5.41 Å². The van der Waals surface area contributed by atoms with E-state index >= 15 is 0 Å². The Labute approximate surface area is 148 Å². The minimum Gasteiger partial charge on any atom is -0.494 e. The Balaban J connectivity index is 1.57. The third-order valence-corrected chi connectivity index (χ3v) is 4.44. The molecule has 1 aliphatic rings. The summed E-state index contributed by atoms with van der Waals surface area (Å²) in [5.41, 5.74) is 2.49. The van der Waals surface area contributed by atoms with Crippen molar-refractivity contribution in [2.24, 2.45) is 0 Å². The minimum atomic E-state index is 0.0401. The Bertz CT molecular complexity index is 728. The third kappa shape index (κ3) is 4.90. The molecule has 1 saturated carbocycles. The van der Waals surface area contributed by atoms with Crippen molar-refractivity contribution < 1.29 is 5.11 Å². The monoisotopic (exact) mass is 336 g/mol. The van der Waals surface area contributed by atoms with Crippen LogP contribution in [0.3, 0.4) is 0 Å². The van der Waals surface area contributed by atoms with Crippen molar-refractivity contribution in [1.29, 1.82) is 5.41 Å². The van der Waals surface area contributed by atoms with E-state index in [9.17, 15) is 5.11 Å². The molecule has 5 heteroatoms. The number of anilines is 1. The summed E-state index contributed by atoms with van der Waals surface area (Å²) in [5, 5.41) is 25.0. The number of hydrogen-bond donors (Lipinski definition) is 4. The zero-order valence-electron chi connectivity index (χ0n) is 14.2. The first-order valence-electron chi connectivity index (χ1n) is 8.67. The van der Waals surface area contributed by atoms with Gasteiger partial charge < -0.3 is 21.1 Å². The summed E-state index contributed by atoms with van der Waals surface area (Å²) in [4.78, 5) is 4.15. The van der Waals surface area contributed by atoms with Crippen LogP contribution in [0.4, 0.5) is 5.82 Å². The molecule has 0 aliphatic heterocycles. The molecule has 1 aliphatic carbocycles. The first-order valence-corrected chi connectivity index (χ1v) is 8.67. The average molecular weight is 336 g/mol. The van der Waals surface area contributed by atoms with Gasteiger partial charge in [0.25, 0.3) is 0 Å². The number of aliphatic hydroxyl groups is 1. The highest BCUT2D eigenvalue weighted by molar-refractivity contribution is 5.99. The van der Waals surface area contributed by atoms with Gasteiger partial charge in [0, 0.05) is 23.5 Å². The fraction of sp³-hybridized carbons (Fsp3) is 0.300. The fourth-order valence-corrected chi connectivity index (χ4v) is 3.05. The number of pyridine rings is 1. The Morgan fingerprint density at radius 3 is 2.72 bits per heavy atom. The van der Waals surface area contributed by atoms with Gasteiger partial charge in [0.15, 0.2) is 5.88 Å². The lowest BCUT2D eigenvalue weighted by atomic mass is 9.89. The lowest BCUT2D eigenvalue weighted by Gasteiger charge is -2.26. The highest BCUT2D eigenvalue weighted by Crippen LogP contribution is 2.23. The van der Waals surface area contributed by atoms with Crippen LogP contribution in [0, 0.1) is 5.41 Å². The molecule has 1 heterocycles. The van der Waals surface area contributed by atoms with Gasteiger partial charge in [0.05, 0.1) is 0 Å². The van der Waals surface area contributed by atoms with E-state index in [1.54, 1.807) is 12.3 Å². The van der Waals surface area contributed by atoms with Crippen LogP contribution in [0.1, 0.15) is 24.8 Å². The maximum atomic E-state index is 10.4. The summed E-state index contributed by atoms with van der Waals surface area (Å²) in [7, 11) is 0. The molecular weight excluding hydrogens is 312 g/mol. The number of aliphatic hydroxyl groups excluding tert-OH is 1. The van der Waals surface area contributed by atoms with E-state index in [0.717, 1.165) is 19.4 Å². The number of aromatic nitrogens is 1. The number of nitrogens with zero attached hydrogens (tertiary/aromatic N) is 1. The Hall–Kier alpha value is -2.66. The van der Waals surface area contributed by atoms with Crippen LogP contribution in [0.5, 0.6) is 0 Å². The van der Waals surface area contributed by atoms with Crippen LogP contribution in [0.15, 0.2) is 66.2 Å². The average Bonchev–Trinajstić information content (AvgIpc) is 2.65. The zero-order valence-corrected chi connectivity index (χ0v) is 14.2. The molecule has 1 aromatic carbocycles. The van der Waals surface area contributed by atoms with Gasteiger partial charge >= 0.3 is 0 Å². The van der Waals surface area contributed by atoms with Crippen LogP contribution in [-0.4, -0.2) is 28.4 Å². The predicted octanol–water partition coefficient (Wildman–Crippen LogP) is 3.67. The Morgan fingerprint density at radius 1 is 1.16 bits per heavy atom. The Kier molecular flexibility index (Phi) is 5.80. The smallest absolute Gasteiger partial charge is 0.195 e. The summed E-state index contributed by atoms with van der Waals surface area (Å²) in [6.07, 6.45) is 4.89. The van der Waals surface area contributed by atoms with Gasteiger partial charge in [-0.2, -0.15) is 0 Å². The number of nitrogens with one attached hydrogen (secondary N) is 3. The van der Waals surface area contributed by atoms with E-state index in [1.165, 1.54) is 5.56 Å². The summed E-state index contributed by atoms with van der Waals surface area (Å²) >= 11 is 0. The van der Waals surface area contributed by atoms with Gasteiger partial charge in [-0.05, 0) is 49.9 Å². The second-order valence-corrected chi connectivity index (χ2v) is 6.28. The lowest BCUT2D eigenvalue weighted by molar-refractivity contribution is 0.400. The first-order chi connectivity index (χ1) is 12.2. The second-order valence-electron chi connectivity index (χ2n) is 6.28. The Morgan fingerprint density at radius 2 is 1.96 bits per heavy atom. The minimum absolute atomic E-state index is 0.0401. The van der Waals surface area contributed by atoms with E-state index in [0.29, 0.717) is 29.9 Å². The molecule has 0 bridgehead atoms. The van der Waals surface area contributed by atoms with Gasteiger partial charge in [-0.3, -0.25) is 0 Å². The van der Waals surface area contributed by atoms with Crippen molar-refractivity contribution in [3.8, 4) is 0 Å². The standard InChI is InChI=1S/C20H24N4O/c21-18-10-9-16(22-13-11-15-6-2-1-3-7-15)14-17(18)20(25)24-19-8-4-5-12-23-19/h1-8,12,16,21-22,25H,9-11,13-14H2,(H,23,24)/b20-17+,21-18?. The van der Waals surface area contributed by atoms with E-state index in [2.05, 4.69) is 39.9 Å². The van der Waals surface area contributed by atoms with E-state index in [1.807, 2.05) is 18.2 Å². The van der Waals surface area contributed by atoms with E-state index < -0.39 is 0 Å². The van der Waals surface area contributed by atoms with Crippen molar-refractivity contribution >= 4 is 11.5 Å². The molecule has 0 saturated heterocycles. The zero-order chi connectivity index (χ0) is 17.5. The summed E-state index contributed by atoms with van der Waals surface area (Å²) in [6.45, 7) is 0.893. The molecule has 3 rings (SSSR count). The van der Waals surface area contributed by atoms with Crippen molar-refractivity contribution in [3.05, 3.63) is 71.7 Å². The van der Waals surface area contributed by atoms with Gasteiger partial charge in [-0.15, -0.1) is 0 Å². The molecule has 130 valence electrons. The van der Waals surface area contributed by atoms with E-state index in [-0.39, 0.29) is 11.9 Å². The van der Waals surface area contributed by atoms with Crippen molar-refractivity contribution in [1.82, 2.24) is 10.3 Å². The second kappa shape index (κ2) is 8.44. The van der Waals surface area contributed by atoms with Gasteiger partial charge in [-0.1, -0.05) is 36.4 Å². The van der Waals surface area contributed by atoms with Crippen LogP contribution < -0.4 is 10.6 Å². The summed E-state index contributed by atoms with van der Waals surface area (Å²) in [6, 6.07) is 16.1. The predicted molar refractivity (Wildman–Crippen MR) is 101 cm³/mol. The fourth-order valence-electron chi connectivity index (χ4n) is 3.05. The quantitative estimate of drug-likeness (QED) is 0.607. The number of rotatable bonds is 6. The highest BCUT2D eigenvalue weighted by Gasteiger charge is 2.24. The van der Waals surface area contributed by atoms with Crippen LogP contribution in [0.25, 0.3) is 0 Å². The molecule has 1 aromatic heterocycles. The molecule has 4 N–H and O–H groups in total. The van der Waals surface area contributed by atoms with Gasteiger partial charge in [0.1, 0.15) is 5.82 Å². The molecule has 5 nitrogen and oxygen atoms in total. The summed E-state index contributed by atoms with van der Waals surface area (Å²) < 4.78 is 0. The molecule has 2 aromatic rings. The topological polar surface area (TPSA) is 81.0 Å². The molecule has 0 spiro atoms. The maximum Gasteiger partial charge on any atom is 0.195 e. The summed E-state index contributed by atoms with van der Waals surface area (Å²) in [5.74, 6) is 0.623. The molecular formula is C20H24N4O. The maximum absolute atomic E-state index is 10.4. The molecule has 1 atom stereocenters. The van der Waals surface area contributed by atoms with Crippen LogP contribution >= 0.6 is 0 Å². The largest absolute Gasteiger partial charge is 0.494 e. The van der Waals surface area contributed by atoms with Crippen molar-refractivity contribution in [2.75, 3.05) is 11.9 Å². The molecule has 25 heavy (non-hydrogen) atoms. The van der Waals surface area contributed by atoms with Crippen LogP contribution in [0.2, 0.25) is 0 Å². The normalized spacial score (nSPS) is 19.5. The lowest BCUT2D eigenvalue weighted by Crippen LogP contribution is -2.36. The molecule has 0 amide bonds. The molecule has 1 unspecified atom stereocenters. The SMILES string of the molecule is N=C1CCC(NCCc2ccccc2)C/C1=C(\O)Nc1ccccn1. The van der Waals surface area contributed by atoms with Crippen molar-refractivity contribution in [3.63, 3.8) is 0 Å². The van der Waals surface area contributed by atoms with Crippen molar-refractivity contribution in [2.45, 2.75) is 31.7 Å². The molecule has 0 radical (unpaired) electrons. The van der Waals surface area contributed by atoms with Gasteiger partial charge in [0.2, 0.25) is 0 Å². The highest BCUT2D eigenvalue weighted by atomic mass is 16.3. The number of hydrogen-bond acceptors (Lipinski definition) is 5. The third-order valence-electron chi connectivity index (χ3n) is 4.44. The molecule has 1 fully saturated rings.